The highest BCUT2D eigenvalue weighted by atomic mass is 19.3. The van der Waals surface area contributed by atoms with Crippen LogP contribution in [0.4, 0.5) is 17.6 Å². The van der Waals surface area contributed by atoms with Crippen molar-refractivity contribution in [2.75, 3.05) is 13.6 Å². The molecule has 1 saturated carbocycles. The SMILES string of the molecule is CN(CC(=O)NC1CC1)C(=O)C(F)(F)C(F)F. The number of hydrogen-bond donors (Lipinski definition) is 1. The summed E-state index contributed by atoms with van der Waals surface area (Å²) in [5, 5.41) is 2.46. The van der Waals surface area contributed by atoms with Gasteiger partial charge in [-0.1, -0.05) is 0 Å². The number of nitrogens with zero attached hydrogens (tertiary/aromatic N) is 1. The highest BCUT2D eigenvalue weighted by Gasteiger charge is 2.50. The standard InChI is InChI=1S/C9H12F4N2O2/c1-15(4-6(16)14-5-2-3-5)8(17)9(12,13)7(10)11/h5,7H,2-4H2,1H3,(H,14,16). The molecule has 0 aromatic rings. The first-order valence-electron chi connectivity index (χ1n) is 4.96. The first-order chi connectivity index (χ1) is 7.75. The van der Waals surface area contributed by atoms with Crippen LogP contribution in [0.3, 0.4) is 0 Å². The van der Waals surface area contributed by atoms with Crippen LogP contribution in [0.5, 0.6) is 0 Å². The Balaban J connectivity index is 2.47. The number of alkyl halides is 4. The Labute approximate surface area is 94.9 Å². The molecule has 1 N–H and O–H groups in total. The van der Waals surface area contributed by atoms with E-state index < -0.39 is 30.7 Å². The molecule has 0 aromatic carbocycles. The summed E-state index contributed by atoms with van der Waals surface area (Å²) in [5.74, 6) is -7.44. The Morgan fingerprint density at radius 1 is 1.41 bits per heavy atom. The van der Waals surface area contributed by atoms with E-state index in [-0.39, 0.29) is 6.04 Å². The molecule has 98 valence electrons. The lowest BCUT2D eigenvalue weighted by Gasteiger charge is -2.22. The Kier molecular flexibility index (Phi) is 3.94. The predicted molar refractivity (Wildman–Crippen MR) is 49.8 cm³/mol. The number of nitrogens with one attached hydrogen (secondary N) is 1. The smallest absolute Gasteiger partial charge is 0.352 e. The Hall–Kier alpha value is -1.34. The minimum Gasteiger partial charge on any atom is -0.352 e. The minimum atomic E-state index is -4.76. The van der Waals surface area contributed by atoms with Gasteiger partial charge in [-0.15, -0.1) is 0 Å². The van der Waals surface area contributed by atoms with Crippen LogP contribution in [0, 0.1) is 0 Å². The molecular formula is C9H12F4N2O2. The highest BCUT2D eigenvalue weighted by Crippen LogP contribution is 2.25. The van der Waals surface area contributed by atoms with Gasteiger partial charge in [-0.2, -0.15) is 8.78 Å². The summed E-state index contributed by atoms with van der Waals surface area (Å²) in [6, 6.07) is 0.0154. The summed E-state index contributed by atoms with van der Waals surface area (Å²) in [6.45, 7) is -0.655. The van der Waals surface area contributed by atoms with Crippen LogP contribution in [0.25, 0.3) is 0 Å². The third-order valence-electron chi connectivity index (χ3n) is 2.23. The molecule has 0 unspecified atom stereocenters. The van der Waals surface area contributed by atoms with E-state index in [1.54, 1.807) is 0 Å². The predicted octanol–water partition coefficient (Wildman–Crippen LogP) is 0.624. The van der Waals surface area contributed by atoms with Gasteiger partial charge in [0.15, 0.2) is 0 Å². The van der Waals surface area contributed by atoms with Crippen molar-refractivity contribution in [1.82, 2.24) is 10.2 Å². The number of hydrogen-bond acceptors (Lipinski definition) is 2. The second-order valence-corrected chi connectivity index (χ2v) is 3.93. The summed E-state index contributed by atoms with van der Waals surface area (Å²) in [7, 11) is 0.880. The van der Waals surface area contributed by atoms with Crippen molar-refractivity contribution in [2.24, 2.45) is 0 Å². The Morgan fingerprint density at radius 3 is 2.35 bits per heavy atom. The van der Waals surface area contributed by atoms with E-state index in [1.165, 1.54) is 0 Å². The minimum absolute atomic E-state index is 0.0154. The Morgan fingerprint density at radius 2 is 1.94 bits per heavy atom. The van der Waals surface area contributed by atoms with Gasteiger partial charge in [0.2, 0.25) is 5.91 Å². The van der Waals surface area contributed by atoms with E-state index in [2.05, 4.69) is 5.32 Å². The number of amides is 2. The van der Waals surface area contributed by atoms with Gasteiger partial charge < -0.3 is 10.2 Å². The molecular weight excluding hydrogens is 244 g/mol. The molecule has 0 aliphatic heterocycles. The molecule has 1 rings (SSSR count). The molecule has 1 aliphatic rings. The third kappa shape index (κ3) is 3.57. The fraction of sp³-hybridized carbons (Fsp3) is 0.778. The van der Waals surface area contributed by atoms with Crippen LogP contribution in [0.2, 0.25) is 0 Å². The van der Waals surface area contributed by atoms with E-state index in [1.807, 2.05) is 0 Å². The monoisotopic (exact) mass is 256 g/mol. The maximum atomic E-state index is 12.6. The molecule has 0 radical (unpaired) electrons. The zero-order valence-corrected chi connectivity index (χ0v) is 9.05. The van der Waals surface area contributed by atoms with Crippen molar-refractivity contribution in [1.29, 1.82) is 0 Å². The molecule has 2 amide bonds. The summed E-state index contributed by atoms with van der Waals surface area (Å²) >= 11 is 0. The van der Waals surface area contributed by atoms with E-state index in [4.69, 9.17) is 0 Å². The molecule has 0 saturated heterocycles. The van der Waals surface area contributed by atoms with Crippen molar-refractivity contribution in [3.05, 3.63) is 0 Å². The lowest BCUT2D eigenvalue weighted by molar-refractivity contribution is -0.179. The van der Waals surface area contributed by atoms with Gasteiger partial charge in [0.1, 0.15) is 0 Å². The second-order valence-electron chi connectivity index (χ2n) is 3.93. The molecule has 0 bridgehead atoms. The van der Waals surface area contributed by atoms with Crippen LogP contribution in [-0.2, 0) is 9.59 Å². The second kappa shape index (κ2) is 4.89. The van der Waals surface area contributed by atoms with Gasteiger partial charge in [-0.25, -0.2) is 8.78 Å². The fourth-order valence-electron chi connectivity index (χ4n) is 1.14. The molecule has 0 aromatic heterocycles. The highest BCUT2D eigenvalue weighted by molar-refractivity contribution is 5.88. The quantitative estimate of drug-likeness (QED) is 0.733. The topological polar surface area (TPSA) is 49.4 Å². The van der Waals surface area contributed by atoms with Gasteiger partial charge in [0.05, 0.1) is 6.54 Å². The van der Waals surface area contributed by atoms with Gasteiger partial charge in [-0.05, 0) is 12.8 Å². The van der Waals surface area contributed by atoms with Crippen LogP contribution >= 0.6 is 0 Å². The van der Waals surface area contributed by atoms with Crippen LogP contribution in [0.15, 0.2) is 0 Å². The molecule has 4 nitrogen and oxygen atoms in total. The van der Waals surface area contributed by atoms with Gasteiger partial charge in [0, 0.05) is 13.1 Å². The van der Waals surface area contributed by atoms with E-state index in [9.17, 15) is 27.2 Å². The third-order valence-corrected chi connectivity index (χ3v) is 2.23. The zero-order valence-electron chi connectivity index (χ0n) is 9.05. The summed E-state index contributed by atoms with van der Waals surface area (Å²) < 4.78 is 49.1. The lowest BCUT2D eigenvalue weighted by atomic mass is 10.3. The first kappa shape index (κ1) is 13.7. The average molecular weight is 256 g/mol. The maximum Gasteiger partial charge on any atom is 0.383 e. The van der Waals surface area contributed by atoms with Crippen LogP contribution in [0.1, 0.15) is 12.8 Å². The normalized spacial score (nSPS) is 15.9. The van der Waals surface area contributed by atoms with Gasteiger partial charge >= 0.3 is 12.3 Å². The zero-order chi connectivity index (χ0) is 13.2. The summed E-state index contributed by atoms with van der Waals surface area (Å²) in [4.78, 5) is 22.4. The molecule has 0 heterocycles. The molecule has 1 fully saturated rings. The summed E-state index contributed by atoms with van der Waals surface area (Å²) in [5.41, 5.74) is 0. The van der Waals surface area contributed by atoms with Crippen molar-refractivity contribution in [3.63, 3.8) is 0 Å². The number of carbonyl (C=O) groups excluding carboxylic acids is 2. The first-order valence-corrected chi connectivity index (χ1v) is 4.96. The molecule has 17 heavy (non-hydrogen) atoms. The molecule has 8 heteroatoms. The van der Waals surface area contributed by atoms with Crippen LogP contribution in [-0.4, -0.2) is 48.7 Å². The van der Waals surface area contributed by atoms with Crippen molar-refractivity contribution < 1.29 is 27.2 Å². The number of rotatable bonds is 5. The van der Waals surface area contributed by atoms with Crippen molar-refractivity contribution >= 4 is 11.8 Å². The fourth-order valence-corrected chi connectivity index (χ4v) is 1.14. The van der Waals surface area contributed by atoms with E-state index >= 15 is 0 Å². The largest absolute Gasteiger partial charge is 0.383 e. The van der Waals surface area contributed by atoms with Crippen molar-refractivity contribution in [2.45, 2.75) is 31.2 Å². The molecule has 0 spiro atoms. The molecule has 1 aliphatic carbocycles. The Bertz CT molecular complexity index is 318. The summed E-state index contributed by atoms with van der Waals surface area (Å²) in [6.07, 6.45) is -2.48. The van der Waals surface area contributed by atoms with Gasteiger partial charge in [0.25, 0.3) is 5.91 Å². The number of halogens is 4. The number of likely N-dealkylation sites (N-methyl/N-ethyl adjacent to an activating group) is 1. The average Bonchev–Trinajstić information content (AvgIpc) is 2.99. The number of carbonyl (C=O) groups is 2. The molecule has 0 atom stereocenters. The van der Waals surface area contributed by atoms with E-state index in [0.29, 0.717) is 4.90 Å². The lowest BCUT2D eigenvalue weighted by Crippen LogP contribution is -2.49. The van der Waals surface area contributed by atoms with Crippen LogP contribution < -0.4 is 5.32 Å². The maximum absolute atomic E-state index is 12.6. The van der Waals surface area contributed by atoms with Crippen molar-refractivity contribution in [3.8, 4) is 0 Å². The van der Waals surface area contributed by atoms with E-state index in [0.717, 1.165) is 19.9 Å². The van der Waals surface area contributed by atoms with Gasteiger partial charge in [-0.3, -0.25) is 9.59 Å².